The number of rotatable bonds is 5. The van der Waals surface area contributed by atoms with Gasteiger partial charge in [0.15, 0.2) is 0 Å². The molecule has 32 heavy (non-hydrogen) atoms. The number of carbonyl (C=O) groups excluding carboxylic acids is 2. The molecular formula is C24H18BrClN2O4. The van der Waals surface area contributed by atoms with Crippen LogP contribution in [-0.4, -0.2) is 33.8 Å². The lowest BCUT2D eigenvalue weighted by atomic mass is 9.95. The van der Waals surface area contributed by atoms with Gasteiger partial charge in [-0.1, -0.05) is 29.8 Å². The number of ketones is 1. The maximum Gasteiger partial charge on any atom is 0.295 e. The predicted molar refractivity (Wildman–Crippen MR) is 124 cm³/mol. The van der Waals surface area contributed by atoms with Crippen molar-refractivity contribution in [3.63, 3.8) is 0 Å². The smallest absolute Gasteiger partial charge is 0.295 e. The summed E-state index contributed by atoms with van der Waals surface area (Å²) in [5.74, 6) is -1.13. The van der Waals surface area contributed by atoms with E-state index in [1.165, 1.54) is 12.0 Å². The summed E-state index contributed by atoms with van der Waals surface area (Å²) in [6.07, 6.45) is 3.27. The van der Waals surface area contributed by atoms with Gasteiger partial charge in [0, 0.05) is 29.5 Å². The van der Waals surface area contributed by atoms with Crippen LogP contribution in [0, 0.1) is 0 Å². The SMILES string of the molecule is COc1ccc(/C(O)=C2/C(=O)C(=O)N(Cc3cccnc3)C2c2ccc(Cl)cc2)cc1Br. The number of carbonyl (C=O) groups is 2. The van der Waals surface area contributed by atoms with Gasteiger partial charge in [-0.2, -0.15) is 0 Å². The molecule has 1 saturated heterocycles. The zero-order chi connectivity index (χ0) is 22.8. The van der Waals surface area contributed by atoms with Gasteiger partial charge in [-0.3, -0.25) is 14.6 Å². The minimum Gasteiger partial charge on any atom is -0.507 e. The Morgan fingerprint density at radius 2 is 1.94 bits per heavy atom. The molecule has 1 unspecified atom stereocenters. The second-order valence-electron chi connectivity index (χ2n) is 7.19. The maximum absolute atomic E-state index is 13.1. The Morgan fingerprint density at radius 1 is 1.19 bits per heavy atom. The first kappa shape index (κ1) is 22.0. The van der Waals surface area contributed by atoms with Crippen molar-refractivity contribution >= 4 is 45.0 Å². The van der Waals surface area contributed by atoms with Crippen molar-refractivity contribution in [1.82, 2.24) is 9.88 Å². The molecule has 2 aromatic carbocycles. The highest BCUT2D eigenvalue weighted by Gasteiger charge is 2.46. The van der Waals surface area contributed by atoms with E-state index >= 15 is 0 Å². The van der Waals surface area contributed by atoms with Crippen LogP contribution in [0.4, 0.5) is 0 Å². The molecule has 1 amide bonds. The molecular weight excluding hydrogens is 496 g/mol. The van der Waals surface area contributed by atoms with E-state index in [0.717, 1.165) is 5.56 Å². The van der Waals surface area contributed by atoms with Gasteiger partial charge in [-0.05, 0) is 63.5 Å². The van der Waals surface area contributed by atoms with Crippen molar-refractivity contribution in [1.29, 1.82) is 0 Å². The van der Waals surface area contributed by atoms with Gasteiger partial charge in [-0.25, -0.2) is 0 Å². The summed E-state index contributed by atoms with van der Waals surface area (Å²) < 4.78 is 5.84. The fourth-order valence-corrected chi connectivity index (χ4v) is 4.36. The van der Waals surface area contributed by atoms with E-state index in [0.29, 0.717) is 26.4 Å². The van der Waals surface area contributed by atoms with Gasteiger partial charge in [0.2, 0.25) is 0 Å². The number of ether oxygens (including phenoxy) is 1. The van der Waals surface area contributed by atoms with E-state index in [2.05, 4.69) is 20.9 Å². The monoisotopic (exact) mass is 512 g/mol. The number of aliphatic hydroxyl groups excluding tert-OH is 1. The number of pyridine rings is 1. The van der Waals surface area contributed by atoms with Crippen LogP contribution in [0.3, 0.4) is 0 Å². The summed E-state index contributed by atoms with van der Waals surface area (Å²) in [7, 11) is 1.53. The average Bonchev–Trinajstić information content (AvgIpc) is 3.04. The van der Waals surface area contributed by atoms with E-state index < -0.39 is 17.7 Å². The van der Waals surface area contributed by atoms with Crippen molar-refractivity contribution in [2.24, 2.45) is 0 Å². The molecule has 3 aromatic rings. The Morgan fingerprint density at radius 3 is 2.56 bits per heavy atom. The summed E-state index contributed by atoms with van der Waals surface area (Å²) in [6, 6.07) is 14.6. The highest BCUT2D eigenvalue weighted by atomic mass is 79.9. The first-order valence-electron chi connectivity index (χ1n) is 9.67. The van der Waals surface area contributed by atoms with Crippen LogP contribution in [-0.2, 0) is 16.1 Å². The van der Waals surface area contributed by atoms with Gasteiger partial charge in [-0.15, -0.1) is 0 Å². The van der Waals surface area contributed by atoms with Crippen molar-refractivity contribution in [2.75, 3.05) is 7.11 Å². The quantitative estimate of drug-likeness (QED) is 0.291. The molecule has 1 aliphatic rings. The number of halogens is 2. The lowest BCUT2D eigenvalue weighted by Gasteiger charge is -2.25. The van der Waals surface area contributed by atoms with Gasteiger partial charge in [0.1, 0.15) is 11.5 Å². The first-order valence-corrected chi connectivity index (χ1v) is 10.8. The Hall–Kier alpha value is -3.16. The Kier molecular flexibility index (Phi) is 6.30. The van der Waals surface area contributed by atoms with Crippen LogP contribution >= 0.6 is 27.5 Å². The van der Waals surface area contributed by atoms with Crippen molar-refractivity contribution in [3.8, 4) is 5.75 Å². The summed E-state index contributed by atoms with van der Waals surface area (Å²) in [4.78, 5) is 31.6. The Bertz CT molecular complexity index is 1210. The second kappa shape index (κ2) is 9.14. The van der Waals surface area contributed by atoms with Gasteiger partial charge in [0.05, 0.1) is 23.2 Å². The van der Waals surface area contributed by atoms with Crippen LogP contribution < -0.4 is 4.74 Å². The second-order valence-corrected chi connectivity index (χ2v) is 8.48. The van der Waals surface area contributed by atoms with Crippen LogP contribution in [0.1, 0.15) is 22.7 Å². The third kappa shape index (κ3) is 4.13. The molecule has 0 saturated carbocycles. The highest BCUT2D eigenvalue weighted by Crippen LogP contribution is 2.41. The maximum atomic E-state index is 13.1. The Labute approximate surface area is 198 Å². The van der Waals surface area contributed by atoms with E-state index in [-0.39, 0.29) is 17.9 Å². The van der Waals surface area contributed by atoms with Crippen molar-refractivity contribution in [3.05, 3.63) is 98.7 Å². The molecule has 0 bridgehead atoms. The minimum absolute atomic E-state index is 0.0123. The largest absolute Gasteiger partial charge is 0.507 e. The number of Topliss-reactive ketones (excluding diaryl/α,β-unsaturated/α-hetero) is 1. The third-order valence-corrected chi connectivity index (χ3v) is 6.10. The zero-order valence-corrected chi connectivity index (χ0v) is 19.3. The molecule has 162 valence electrons. The molecule has 1 fully saturated rings. The topological polar surface area (TPSA) is 79.7 Å². The van der Waals surface area contributed by atoms with E-state index in [9.17, 15) is 14.7 Å². The van der Waals surface area contributed by atoms with Crippen LogP contribution in [0.15, 0.2) is 77.0 Å². The number of likely N-dealkylation sites (tertiary alicyclic amines) is 1. The molecule has 2 heterocycles. The lowest BCUT2D eigenvalue weighted by molar-refractivity contribution is -0.140. The van der Waals surface area contributed by atoms with Crippen molar-refractivity contribution in [2.45, 2.75) is 12.6 Å². The molecule has 0 radical (unpaired) electrons. The van der Waals surface area contributed by atoms with E-state index in [1.807, 2.05) is 6.07 Å². The number of hydrogen-bond donors (Lipinski definition) is 1. The number of nitrogens with zero attached hydrogens (tertiary/aromatic N) is 2. The van der Waals surface area contributed by atoms with E-state index in [1.54, 1.807) is 60.9 Å². The van der Waals surface area contributed by atoms with Gasteiger partial charge < -0.3 is 14.7 Å². The molecule has 0 aliphatic carbocycles. The standard InChI is InChI=1S/C24H18BrClN2O4/c1-32-19-9-6-16(11-18(19)25)22(29)20-21(15-4-7-17(26)8-5-15)28(24(31)23(20)30)13-14-3-2-10-27-12-14/h2-12,21,29H,13H2,1H3/b22-20-. The van der Waals surface area contributed by atoms with Crippen LogP contribution in [0.25, 0.3) is 5.76 Å². The molecule has 6 nitrogen and oxygen atoms in total. The molecule has 1 aliphatic heterocycles. The highest BCUT2D eigenvalue weighted by molar-refractivity contribution is 9.10. The van der Waals surface area contributed by atoms with E-state index in [4.69, 9.17) is 16.3 Å². The number of hydrogen-bond acceptors (Lipinski definition) is 5. The zero-order valence-electron chi connectivity index (χ0n) is 17.0. The lowest BCUT2D eigenvalue weighted by Crippen LogP contribution is -2.29. The average molecular weight is 514 g/mol. The van der Waals surface area contributed by atoms with Crippen LogP contribution in [0.2, 0.25) is 5.02 Å². The number of aliphatic hydroxyl groups is 1. The Balaban J connectivity index is 1.86. The molecule has 1 atom stereocenters. The number of amides is 1. The summed E-state index contributed by atoms with van der Waals surface area (Å²) >= 11 is 9.44. The molecule has 1 aromatic heterocycles. The van der Waals surface area contributed by atoms with Gasteiger partial charge >= 0.3 is 0 Å². The third-order valence-electron chi connectivity index (χ3n) is 5.23. The summed E-state index contributed by atoms with van der Waals surface area (Å²) in [6.45, 7) is 0.162. The summed E-state index contributed by atoms with van der Waals surface area (Å²) in [5.41, 5.74) is 1.82. The summed E-state index contributed by atoms with van der Waals surface area (Å²) in [5, 5.41) is 11.7. The number of methoxy groups -OCH3 is 1. The number of benzene rings is 2. The van der Waals surface area contributed by atoms with Gasteiger partial charge in [0.25, 0.3) is 11.7 Å². The first-order chi connectivity index (χ1) is 15.4. The fourth-order valence-electron chi connectivity index (χ4n) is 3.69. The molecule has 0 spiro atoms. The fraction of sp³-hybridized carbons (Fsp3) is 0.125. The van der Waals surface area contributed by atoms with Crippen LogP contribution in [0.5, 0.6) is 5.75 Å². The predicted octanol–water partition coefficient (Wildman–Crippen LogP) is 5.13. The normalized spacial score (nSPS) is 17.6. The van der Waals surface area contributed by atoms with Crippen molar-refractivity contribution < 1.29 is 19.4 Å². The molecule has 1 N–H and O–H groups in total. The minimum atomic E-state index is -0.784. The molecule has 8 heteroatoms. The molecule has 4 rings (SSSR count). The number of aromatic nitrogens is 1.